The molecule has 0 radical (unpaired) electrons. The van der Waals surface area contributed by atoms with E-state index in [9.17, 15) is 101 Å². The van der Waals surface area contributed by atoms with Crippen molar-refractivity contribution < 1.29 is 139 Å². The average molecular weight is 1890 g/mol. The van der Waals surface area contributed by atoms with Gasteiger partial charge in [-0.25, -0.2) is 9.59 Å². The molecule has 736 valence electrons. The van der Waals surface area contributed by atoms with Gasteiger partial charge in [-0.1, -0.05) is 79.7 Å². The van der Waals surface area contributed by atoms with Gasteiger partial charge >= 0.3 is 42.1 Å². The highest BCUT2D eigenvalue weighted by Gasteiger charge is 2.42. The molecule has 0 bridgehead atoms. The lowest BCUT2D eigenvalue weighted by Gasteiger charge is -2.33. The molecule has 3 aromatic carbocycles. The van der Waals surface area contributed by atoms with Gasteiger partial charge in [-0.15, -0.1) is 0 Å². The molecule has 4 fully saturated rings. The number of unbranched alkanes of at least 4 members (excludes halogenated alkanes) is 1. The Morgan fingerprint density at radius 3 is 1.62 bits per heavy atom. The molecule has 4 aliphatic heterocycles. The van der Waals surface area contributed by atoms with Crippen LogP contribution in [0.1, 0.15) is 80.5 Å². The SMILES string of the molecule is CCCOCC[C@@H]1NC(=O)[C@H](Cc2ccc(CNC(=O)COCCOCCNC(=O)CN3CCN(CC(=O)O)CCN(CC(=O)O)CC3)cc2)NC(=O)[C@H](Cc2ccccc2)N(C)C(=O)CNC(=O)CNC(=O)[C@H]2CCCN2C(=O)[C@H](CC(=O)O)NC(=O)[C@H](CCCCNC(=O)N2CCN(CC(=O)O)CC2)NC(=O)CNC(=O)[C@H](Cc2c[nH]c3ccccc23)NC1=O.O=C(O)C(F)(F)F. The first-order valence-corrected chi connectivity index (χ1v) is 43.9. The zero-order chi connectivity index (χ0) is 97.8. The lowest BCUT2D eigenvalue weighted by molar-refractivity contribution is -0.192. The molecule has 4 aromatic rings. The molecule has 7 atom stereocenters. The number of urea groups is 1. The molecule has 8 rings (SSSR count). The van der Waals surface area contributed by atoms with E-state index in [1.165, 1.54) is 11.9 Å². The summed E-state index contributed by atoms with van der Waals surface area (Å²) >= 11 is 0. The van der Waals surface area contributed by atoms with E-state index in [2.05, 4.69) is 63.5 Å². The first-order chi connectivity index (χ1) is 63.9. The maximum absolute atomic E-state index is 15.4. The van der Waals surface area contributed by atoms with Crippen LogP contribution in [0.3, 0.4) is 0 Å². The van der Waals surface area contributed by atoms with E-state index < -0.39 is 175 Å². The van der Waals surface area contributed by atoms with Crippen LogP contribution >= 0.6 is 0 Å². The number of rotatable bonds is 36. The van der Waals surface area contributed by atoms with Crippen molar-refractivity contribution in [2.45, 2.75) is 133 Å². The molecule has 1 aromatic heterocycles. The lowest BCUT2D eigenvalue weighted by atomic mass is 10.00. The third kappa shape index (κ3) is 38.7. The fourth-order valence-corrected chi connectivity index (χ4v) is 14.8. The van der Waals surface area contributed by atoms with E-state index in [1.807, 2.05) is 11.8 Å². The largest absolute Gasteiger partial charge is 0.490 e. The number of ether oxygens (including phenoxy) is 3. The fourth-order valence-electron chi connectivity index (χ4n) is 14.8. The summed E-state index contributed by atoms with van der Waals surface area (Å²) < 4.78 is 48.7. The number of benzene rings is 3. The van der Waals surface area contributed by atoms with Gasteiger partial charge in [-0.05, 0) is 73.3 Å². The number of halogens is 3. The van der Waals surface area contributed by atoms with Crippen molar-refractivity contribution >= 4 is 118 Å². The van der Waals surface area contributed by atoms with Gasteiger partial charge in [0.1, 0.15) is 48.9 Å². The summed E-state index contributed by atoms with van der Waals surface area (Å²) in [4.78, 5) is 254. The molecule has 14 amide bonds. The van der Waals surface area contributed by atoms with Crippen molar-refractivity contribution in [3.63, 3.8) is 0 Å². The van der Waals surface area contributed by atoms with E-state index in [0.29, 0.717) is 91.9 Å². The number of piperazine rings is 1. The number of nitrogens with zero attached hydrogens (tertiary/aromatic N) is 7. The number of aromatic nitrogens is 1. The van der Waals surface area contributed by atoms with Gasteiger partial charge < -0.3 is 118 Å². The second-order valence-electron chi connectivity index (χ2n) is 32.2. The van der Waals surface area contributed by atoms with Crippen molar-refractivity contribution in [1.29, 1.82) is 0 Å². The van der Waals surface area contributed by atoms with E-state index in [0.717, 1.165) is 9.80 Å². The standard InChI is InChI=1S/C84H119N19O24.C2HF3O2/c1-3-36-125-37-22-62-79(119)94-64(43-58-46-87-60-15-8-7-14-59(58)60)77(117)90-48-69(105)92-61(16-9-10-23-86-84(124)102-34-32-101(33-35-102)53-76(115)116)78(118)96-65(44-73(109)110)83(123)103-25-11-17-66(103)81(121)91-47-68(104)89-49-72(108)97(2)67(42-55-12-5-4-6-13-55)82(122)95-63(80(120)93-62)41-56-18-20-57(21-19-56)45-88-71(107)54-127-40-39-126-38-24-85-70(106)50-98-26-28-99(51-74(111)112)30-31-100(29-27-98)52-75(113)114;3-2(4,5)1(6)7/h4-8,12-15,18-21,46,61-67,87H,3,9-11,16-17,22-45,47-54H2,1-2H3,(H,85,106)(H,86,124)(H,88,107)(H,89,104)(H,90,117)(H,91,121)(H,92,105)(H,93,120)(H,94,119)(H,95,122)(H,96,118)(H,109,110)(H,111,112)(H,113,114)(H,115,116);(H,6,7)/t61-,62-,63-,64-,65-,66+,67-;/m0./s1. The van der Waals surface area contributed by atoms with E-state index in [4.69, 9.17) is 24.1 Å². The number of likely N-dealkylation sites (N-methyl/N-ethyl adjacent to an activating group) is 1. The molecule has 0 unspecified atom stereocenters. The number of fused-ring (bicyclic) bond motifs is 2. The molecule has 17 N–H and O–H groups in total. The number of carbonyl (C=O) groups is 18. The Bertz CT molecular complexity index is 4620. The van der Waals surface area contributed by atoms with Gasteiger partial charge in [-0.2, -0.15) is 13.2 Å². The van der Waals surface area contributed by atoms with Crippen molar-refractivity contribution in [1.82, 2.24) is 97.8 Å². The minimum absolute atomic E-state index is 0.00928. The third-order valence-electron chi connectivity index (χ3n) is 22.0. The monoisotopic (exact) mass is 1890 g/mol. The molecule has 0 spiro atoms. The maximum atomic E-state index is 15.4. The van der Waals surface area contributed by atoms with E-state index in [-0.39, 0.29) is 169 Å². The summed E-state index contributed by atoms with van der Waals surface area (Å²) in [5.41, 5.74) is 2.81. The molecule has 4 aliphatic rings. The van der Waals surface area contributed by atoms with Gasteiger partial charge in [-0.3, -0.25) is 96.3 Å². The number of carboxylic acid groups (broad SMARTS) is 5. The smallest absolute Gasteiger partial charge is 0.481 e. The second-order valence-corrected chi connectivity index (χ2v) is 32.2. The molecule has 134 heavy (non-hydrogen) atoms. The Labute approximate surface area is 769 Å². The second kappa shape index (κ2) is 56.1. The zero-order valence-corrected chi connectivity index (χ0v) is 74.6. The number of hydrogen-bond acceptors (Lipinski definition) is 25. The number of amides is 14. The Hall–Kier alpha value is -13.0. The number of carbonyl (C=O) groups excluding carboxylic acids is 13. The predicted octanol–water partition coefficient (Wildman–Crippen LogP) is -3.84. The van der Waals surface area contributed by atoms with Crippen LogP contribution in [0.15, 0.2) is 85.1 Å². The highest BCUT2D eigenvalue weighted by molar-refractivity contribution is 6.00. The quantitative estimate of drug-likeness (QED) is 0.0194. The van der Waals surface area contributed by atoms with Crippen LogP contribution in [0.5, 0.6) is 0 Å². The predicted molar refractivity (Wildman–Crippen MR) is 468 cm³/mol. The first-order valence-electron chi connectivity index (χ1n) is 43.9. The average Bonchev–Trinajstić information content (AvgIpc) is 1.43. The maximum Gasteiger partial charge on any atom is 0.490 e. The van der Waals surface area contributed by atoms with Crippen LogP contribution in [0.2, 0.25) is 0 Å². The summed E-state index contributed by atoms with van der Waals surface area (Å²) in [7, 11) is 1.31. The van der Waals surface area contributed by atoms with Crippen LogP contribution < -0.4 is 58.5 Å². The van der Waals surface area contributed by atoms with Crippen molar-refractivity contribution in [2.75, 3.05) is 178 Å². The normalized spacial score (nSPS) is 20.6. The van der Waals surface area contributed by atoms with Gasteiger partial charge in [0.25, 0.3) is 0 Å². The zero-order valence-electron chi connectivity index (χ0n) is 74.6. The van der Waals surface area contributed by atoms with Crippen LogP contribution in [0.25, 0.3) is 10.9 Å². The number of aliphatic carboxylic acids is 5. The molecular weight excluding hydrogens is 1770 g/mol. The number of hydrogen-bond donors (Lipinski definition) is 17. The van der Waals surface area contributed by atoms with Crippen LogP contribution in [-0.2, 0) is 122 Å². The number of nitrogens with one attached hydrogen (secondary N) is 12. The highest BCUT2D eigenvalue weighted by atomic mass is 19.4. The van der Waals surface area contributed by atoms with Gasteiger partial charge in [0.05, 0.1) is 72.1 Å². The fraction of sp³-hybridized carbons (Fsp3) is 0.558. The molecule has 45 nitrogen and oxygen atoms in total. The number of aromatic amines is 1. The summed E-state index contributed by atoms with van der Waals surface area (Å²) in [6.07, 6.45) is -4.34. The van der Waals surface area contributed by atoms with Crippen LogP contribution in [-0.4, -0.2) is 398 Å². The van der Waals surface area contributed by atoms with Crippen LogP contribution in [0.4, 0.5) is 18.0 Å². The number of carboxylic acids is 5. The molecule has 0 saturated carbocycles. The molecule has 5 heterocycles. The molecule has 4 saturated heterocycles. The van der Waals surface area contributed by atoms with Gasteiger partial charge in [0.2, 0.25) is 70.9 Å². The van der Waals surface area contributed by atoms with Crippen LogP contribution in [0, 0.1) is 0 Å². The molecule has 0 aliphatic carbocycles. The Morgan fingerprint density at radius 1 is 0.470 bits per heavy atom. The Kier molecular flexibility index (Phi) is 45.2. The number of H-pyrrole nitrogens is 1. The van der Waals surface area contributed by atoms with Crippen molar-refractivity contribution in [2.24, 2.45) is 0 Å². The lowest BCUT2D eigenvalue weighted by Crippen LogP contribution is -2.60. The van der Waals surface area contributed by atoms with Gasteiger partial charge in [0, 0.05) is 148 Å². The summed E-state index contributed by atoms with van der Waals surface area (Å²) in [5.74, 6) is -17.3. The summed E-state index contributed by atoms with van der Waals surface area (Å²) in [5, 5.41) is 75.1. The van der Waals surface area contributed by atoms with Crippen molar-refractivity contribution in [3.8, 4) is 0 Å². The number of para-hydroxylation sites is 1. The number of alkyl halides is 3. The minimum atomic E-state index is -5.08. The highest BCUT2D eigenvalue weighted by Crippen LogP contribution is 2.23. The van der Waals surface area contributed by atoms with E-state index >= 15 is 14.4 Å². The van der Waals surface area contributed by atoms with E-state index in [1.54, 1.807) is 99.8 Å². The Morgan fingerprint density at radius 2 is 1.00 bits per heavy atom. The first kappa shape index (κ1) is 108. The van der Waals surface area contributed by atoms with Crippen molar-refractivity contribution in [3.05, 3.63) is 107 Å². The Balaban J connectivity index is 0.00000336. The minimum Gasteiger partial charge on any atom is -0.481 e. The van der Waals surface area contributed by atoms with Gasteiger partial charge in [0.15, 0.2) is 0 Å². The summed E-state index contributed by atoms with van der Waals surface area (Å²) in [6.45, 7) is 2.39. The molecule has 48 heteroatoms. The summed E-state index contributed by atoms with van der Waals surface area (Å²) in [6, 6.07) is 11.1. The topological polar surface area (TPSA) is 607 Å². The molecular formula is C86H120F3N19O26. The third-order valence-corrected chi connectivity index (χ3v) is 22.0.